The van der Waals surface area contributed by atoms with E-state index in [9.17, 15) is 0 Å². The molecule has 4 nitrogen and oxygen atoms in total. The third-order valence-electron chi connectivity index (χ3n) is 0. The zero-order chi connectivity index (χ0) is 6.28. The number of nitrogens with zero attached hydrogens (tertiary/aromatic N) is 1. The number of hydrogen-bond donors (Lipinski definition) is 1. The van der Waals surface area contributed by atoms with Gasteiger partial charge in [-0.05, 0) is 0 Å². The van der Waals surface area contributed by atoms with Crippen molar-refractivity contribution >= 4 is 31.9 Å². The van der Waals surface area contributed by atoms with Gasteiger partial charge in [0, 0.05) is 0 Å². The fraction of sp³-hybridized carbons (Fsp3) is 0. The zero-order valence-corrected chi connectivity index (χ0v) is 12.7. The summed E-state index contributed by atoms with van der Waals surface area (Å²) in [5.41, 5.74) is 0. The van der Waals surface area contributed by atoms with Crippen molar-refractivity contribution < 1.29 is 93.2 Å². The first-order chi connectivity index (χ1) is 3.15. The van der Waals surface area contributed by atoms with E-state index >= 15 is 0 Å². The minimum atomic E-state index is -3.54. The molecule has 0 aromatic rings. The van der Waals surface area contributed by atoms with Crippen molar-refractivity contribution in [1.82, 2.24) is 0 Å². The van der Waals surface area contributed by atoms with Gasteiger partial charge in [-0.1, -0.05) is 12.2 Å². The smallest absolute Gasteiger partial charge is 0.753 e. The van der Waals surface area contributed by atoms with E-state index in [0.29, 0.717) is 0 Å². The molecule has 8 heteroatoms. The maximum atomic E-state index is 8.65. The molecule has 0 heterocycles. The molecule has 1 unspecified atom stereocenters. The fourth-order valence-electron chi connectivity index (χ4n) is 0. The van der Waals surface area contributed by atoms with Crippen molar-refractivity contribution in [2.75, 3.05) is 0 Å². The van der Waals surface area contributed by atoms with Crippen LogP contribution < -0.4 is 85.1 Å². The third kappa shape index (κ3) is 112. The molecule has 1 N–H and O–H groups in total. The first-order valence-corrected chi connectivity index (χ1v) is 3.52. The molecule has 42 valence electrons. The summed E-state index contributed by atoms with van der Waals surface area (Å²) in [5.74, 6) is 0. The number of hydrogen-bond acceptors (Lipinski definition) is 3. The van der Waals surface area contributed by atoms with Crippen molar-refractivity contribution in [2.45, 2.75) is 0 Å². The van der Waals surface area contributed by atoms with Crippen LogP contribution in [0.2, 0.25) is 0 Å². The summed E-state index contributed by atoms with van der Waals surface area (Å²) in [7, 11) is 0. The average Bonchev–Trinajstić information content (AvgIpc) is 1.33. The molecule has 0 saturated carbocycles. The minimum absolute atomic E-state index is 0. The Labute approximate surface area is 127 Å². The second kappa shape index (κ2) is 22.4. The van der Waals surface area contributed by atoms with Crippen molar-refractivity contribution in [3.8, 4) is 0 Å². The zero-order valence-electron chi connectivity index (χ0n) is 5.03. The Morgan fingerprint density at radius 2 is 1.78 bits per heavy atom. The monoisotopic (exact) mass is 249 g/mol. The second-order valence-electron chi connectivity index (χ2n) is 0.308. The molecule has 0 fully saturated rings. The Morgan fingerprint density at radius 3 is 1.78 bits per heavy atom. The molecule has 0 aliphatic carbocycles. The van der Waals surface area contributed by atoms with Gasteiger partial charge in [-0.25, -0.2) is 0 Å². The van der Waals surface area contributed by atoms with Crippen LogP contribution in [0.15, 0.2) is 0 Å². The second-order valence-corrected chi connectivity index (χ2v) is 1.40. The van der Waals surface area contributed by atoms with Crippen LogP contribution in [0.3, 0.4) is 0 Å². The molecule has 0 rings (SSSR count). The van der Waals surface area contributed by atoms with Crippen LogP contribution in [0.1, 0.15) is 0 Å². The van der Waals surface area contributed by atoms with E-state index in [1.54, 1.807) is 0 Å². The first-order valence-electron chi connectivity index (χ1n) is 0.944. The van der Waals surface area contributed by atoms with Gasteiger partial charge in [-0.2, -0.15) is 5.16 Å². The van der Waals surface area contributed by atoms with Gasteiger partial charge in [0.2, 0.25) is 0 Å². The van der Waals surface area contributed by atoms with Gasteiger partial charge in [0.25, 0.3) is 0 Å². The van der Waals surface area contributed by atoms with E-state index in [2.05, 4.69) is 12.2 Å². The summed E-state index contributed by atoms with van der Waals surface area (Å²) in [6.45, 7) is 0. The van der Waals surface area contributed by atoms with Gasteiger partial charge >= 0.3 is 108 Å². The number of rotatable bonds is 0. The minimum Gasteiger partial charge on any atom is -0.753 e. The number of isothiocyanates is 1. The van der Waals surface area contributed by atoms with Crippen LogP contribution in [0.4, 0.5) is 0 Å². The van der Waals surface area contributed by atoms with Gasteiger partial charge in [0.15, 0.2) is 0 Å². The maximum Gasteiger partial charge on any atom is 1.00 e. The van der Waals surface area contributed by atoms with Gasteiger partial charge < -0.3 is 5.41 Å². The molecule has 0 spiro atoms. The van der Waals surface area contributed by atoms with Crippen LogP contribution in [0.25, 0.3) is 5.41 Å². The van der Waals surface area contributed by atoms with Crippen LogP contribution in [-0.2, 0) is 3.83 Å². The molecule has 9 heavy (non-hydrogen) atoms. The van der Waals surface area contributed by atoms with Crippen molar-refractivity contribution in [1.29, 1.82) is 0 Å². The maximum absolute atomic E-state index is 8.65. The van der Waals surface area contributed by atoms with Crippen molar-refractivity contribution in [3.05, 3.63) is 5.41 Å². The SMILES string of the molecule is O=[Se]([O-])O.[K+].[N-]=C=S.[Na+]. The van der Waals surface area contributed by atoms with Gasteiger partial charge in [0.1, 0.15) is 0 Å². The molecule has 0 aromatic heterocycles. The third-order valence-corrected chi connectivity index (χ3v) is 0. The summed E-state index contributed by atoms with van der Waals surface area (Å²) in [6, 6.07) is 0. The molecule has 0 radical (unpaired) electrons. The molecule has 1 atom stereocenters. The van der Waals surface area contributed by atoms with E-state index in [1.165, 1.54) is 5.16 Å². The van der Waals surface area contributed by atoms with Crippen LogP contribution in [0, 0.1) is 0 Å². The molecule has 0 aliphatic heterocycles. The number of thiocarbonyl (C=S) groups is 1. The molecular formula is CHKNNaO3SSe. The topological polar surface area (TPSA) is 82.7 Å². The molecule has 0 saturated heterocycles. The van der Waals surface area contributed by atoms with Gasteiger partial charge in [0.05, 0.1) is 0 Å². The van der Waals surface area contributed by atoms with Crippen LogP contribution in [-0.4, -0.2) is 23.8 Å². The van der Waals surface area contributed by atoms with Gasteiger partial charge in [-0.3, -0.25) is 0 Å². The normalized spacial score (nSPS) is 7.78. The quantitative estimate of drug-likeness (QED) is 0.262. The fourth-order valence-corrected chi connectivity index (χ4v) is 0. The Balaban J connectivity index is -0.0000000233. The van der Waals surface area contributed by atoms with E-state index in [4.69, 9.17) is 17.6 Å². The summed E-state index contributed by atoms with van der Waals surface area (Å²) < 4.78 is 24.4. The summed E-state index contributed by atoms with van der Waals surface area (Å²) in [5, 5.41) is 8.47. The Morgan fingerprint density at radius 1 is 1.78 bits per heavy atom. The molecule has 0 amide bonds. The van der Waals surface area contributed by atoms with Crippen molar-refractivity contribution in [2.24, 2.45) is 0 Å². The van der Waals surface area contributed by atoms with E-state index in [0.717, 1.165) is 0 Å². The molecular weight excluding hydrogens is 247 g/mol. The Hall–Kier alpha value is 2.68. The average molecular weight is 248 g/mol. The predicted molar refractivity (Wildman–Crippen MR) is 24.6 cm³/mol. The van der Waals surface area contributed by atoms with Gasteiger partial charge in [-0.15, -0.1) is 0 Å². The van der Waals surface area contributed by atoms with Crippen molar-refractivity contribution in [3.63, 3.8) is 0 Å². The van der Waals surface area contributed by atoms with Crippen LogP contribution >= 0.6 is 12.2 Å². The molecule has 0 aliphatic rings. The molecule has 0 aromatic carbocycles. The predicted octanol–water partition coefficient (Wildman–Crippen LogP) is -7.58. The first kappa shape index (κ1) is 22.6. The van der Waals surface area contributed by atoms with E-state index in [1.807, 2.05) is 0 Å². The summed E-state index contributed by atoms with van der Waals surface area (Å²) in [6.07, 6.45) is 0. The van der Waals surface area contributed by atoms with Crippen LogP contribution in [0.5, 0.6) is 0 Å². The summed E-state index contributed by atoms with van der Waals surface area (Å²) >= 11 is 0.157. The standard InChI is InChI=1S/CNS.K.Na.H2O3Se/c2-1-3;;;1-4(2)3/h;;;(H2,1,2,3)/q-1;2*+1;/p-1. The van der Waals surface area contributed by atoms with E-state index < -0.39 is 14.5 Å². The largest absolute Gasteiger partial charge is 1.00 e. The van der Waals surface area contributed by atoms with E-state index in [-0.39, 0.29) is 80.9 Å². The summed E-state index contributed by atoms with van der Waals surface area (Å²) in [4.78, 5) is 0. The Bertz CT molecular complexity index is 91.8. The molecule has 0 bridgehead atoms. The Kier molecular flexibility index (Phi) is 56.3.